The van der Waals surface area contributed by atoms with E-state index in [1.54, 1.807) is 0 Å². The molecule has 0 aliphatic carbocycles. The highest BCUT2D eigenvalue weighted by Crippen LogP contribution is 2.21. The molecule has 244 valence electrons. The van der Waals surface area contributed by atoms with E-state index >= 15 is 0 Å². The van der Waals surface area contributed by atoms with Crippen LogP contribution in [0.15, 0.2) is 66.9 Å². The molecule has 1 unspecified atom stereocenters. The first-order valence-electron chi connectivity index (χ1n) is 18.9. The fourth-order valence-corrected chi connectivity index (χ4v) is 6.81. The van der Waals surface area contributed by atoms with E-state index in [1.165, 1.54) is 145 Å². The smallest absolute Gasteiger partial charge is 0.234 e. The molecule has 3 aromatic rings. The van der Waals surface area contributed by atoms with Crippen LogP contribution >= 0.6 is 0 Å². The average Bonchev–Trinajstić information content (AvgIpc) is 3.36. The first kappa shape index (κ1) is 36.1. The van der Waals surface area contributed by atoms with Gasteiger partial charge in [-0.1, -0.05) is 178 Å². The molecule has 0 spiro atoms. The Bertz CT molecular complexity index is 1080. The summed E-state index contributed by atoms with van der Waals surface area (Å²) in [7, 11) is 0. The third-order valence-corrected chi connectivity index (χ3v) is 9.62. The van der Waals surface area contributed by atoms with Gasteiger partial charge in [-0.15, -0.1) is 0 Å². The van der Waals surface area contributed by atoms with Gasteiger partial charge in [0.05, 0.1) is 19.5 Å². The van der Waals surface area contributed by atoms with Crippen LogP contribution in [-0.2, 0) is 25.9 Å². The van der Waals surface area contributed by atoms with Crippen molar-refractivity contribution in [1.29, 1.82) is 0 Å². The summed E-state index contributed by atoms with van der Waals surface area (Å²) in [6.45, 7) is 9.32. The summed E-state index contributed by atoms with van der Waals surface area (Å²) in [4.78, 5) is 0. The lowest BCUT2D eigenvalue weighted by Crippen LogP contribution is -2.41. The standard InChI is InChI=1S/C42H67N2/c1-4-6-8-10-12-13-14-15-16-17-18-19-27-33-43-37-41(35-38(3)40-31-25-22-26-32-40)44(34-28-20-11-9-7-5-2)42(43)36-39-29-23-21-24-30-39/h21-26,29-32,37-38H,4-20,27-28,33-36H2,1-3H3/q+1. The fourth-order valence-electron chi connectivity index (χ4n) is 6.81. The number of nitrogens with zero attached hydrogens (tertiary/aromatic N) is 2. The van der Waals surface area contributed by atoms with Crippen LogP contribution in [0.25, 0.3) is 0 Å². The second-order valence-corrected chi connectivity index (χ2v) is 13.6. The summed E-state index contributed by atoms with van der Waals surface area (Å²) in [6.07, 6.45) is 31.1. The van der Waals surface area contributed by atoms with Gasteiger partial charge in [-0.05, 0) is 42.7 Å². The Morgan fingerprint density at radius 1 is 0.568 bits per heavy atom. The number of rotatable bonds is 26. The highest BCUT2D eigenvalue weighted by molar-refractivity contribution is 5.21. The first-order valence-corrected chi connectivity index (χ1v) is 18.9. The lowest BCUT2D eigenvalue weighted by molar-refractivity contribution is -0.710. The summed E-state index contributed by atoms with van der Waals surface area (Å²) in [5.74, 6) is 2.03. The lowest BCUT2D eigenvalue weighted by Gasteiger charge is -2.12. The van der Waals surface area contributed by atoms with E-state index in [4.69, 9.17) is 0 Å². The number of aryl methyl sites for hydroxylation is 1. The van der Waals surface area contributed by atoms with Crippen molar-refractivity contribution in [2.24, 2.45) is 0 Å². The number of imidazole rings is 1. The molecule has 0 bridgehead atoms. The van der Waals surface area contributed by atoms with Gasteiger partial charge in [0.1, 0.15) is 11.9 Å². The van der Waals surface area contributed by atoms with Crippen molar-refractivity contribution in [3.8, 4) is 0 Å². The highest BCUT2D eigenvalue weighted by Gasteiger charge is 2.25. The predicted molar refractivity (Wildman–Crippen MR) is 192 cm³/mol. The zero-order valence-corrected chi connectivity index (χ0v) is 29.1. The maximum Gasteiger partial charge on any atom is 0.261 e. The Morgan fingerprint density at radius 3 is 1.59 bits per heavy atom. The van der Waals surface area contributed by atoms with Gasteiger partial charge in [-0.25, -0.2) is 9.13 Å². The third-order valence-electron chi connectivity index (χ3n) is 9.62. The molecule has 2 nitrogen and oxygen atoms in total. The summed E-state index contributed by atoms with van der Waals surface area (Å²) < 4.78 is 5.38. The van der Waals surface area contributed by atoms with E-state index in [-0.39, 0.29) is 0 Å². The lowest BCUT2D eigenvalue weighted by atomic mass is 9.96. The van der Waals surface area contributed by atoms with Gasteiger partial charge in [-0.2, -0.15) is 0 Å². The highest BCUT2D eigenvalue weighted by atomic mass is 15.2. The molecule has 0 aliphatic rings. The monoisotopic (exact) mass is 600 g/mol. The molecule has 2 heteroatoms. The normalized spacial score (nSPS) is 12.2. The van der Waals surface area contributed by atoms with Crippen LogP contribution in [0.1, 0.15) is 171 Å². The molecule has 0 saturated carbocycles. The number of unbranched alkanes of at least 4 members (excludes halogenated alkanes) is 17. The van der Waals surface area contributed by atoms with Crippen LogP contribution < -0.4 is 4.57 Å². The van der Waals surface area contributed by atoms with Gasteiger partial charge in [0.2, 0.25) is 0 Å². The van der Waals surface area contributed by atoms with Crippen LogP contribution in [0.3, 0.4) is 0 Å². The molecule has 2 aromatic carbocycles. The molecule has 0 saturated heterocycles. The van der Waals surface area contributed by atoms with Gasteiger partial charge < -0.3 is 0 Å². The van der Waals surface area contributed by atoms with E-state index in [0.29, 0.717) is 5.92 Å². The van der Waals surface area contributed by atoms with Crippen molar-refractivity contribution in [2.75, 3.05) is 0 Å². The number of hydrogen-bond donors (Lipinski definition) is 0. The summed E-state index contributed by atoms with van der Waals surface area (Å²) in [6, 6.07) is 22.3. The predicted octanol–water partition coefficient (Wildman–Crippen LogP) is 12.2. The van der Waals surface area contributed by atoms with Gasteiger partial charge in [-0.3, -0.25) is 0 Å². The minimum Gasteiger partial charge on any atom is -0.234 e. The van der Waals surface area contributed by atoms with Crippen molar-refractivity contribution in [1.82, 2.24) is 4.57 Å². The van der Waals surface area contributed by atoms with Gasteiger partial charge in [0.15, 0.2) is 0 Å². The van der Waals surface area contributed by atoms with E-state index in [1.807, 2.05) is 0 Å². The molecule has 0 amide bonds. The molecule has 1 atom stereocenters. The van der Waals surface area contributed by atoms with Gasteiger partial charge in [0.25, 0.3) is 5.82 Å². The van der Waals surface area contributed by atoms with Crippen molar-refractivity contribution in [3.05, 3.63) is 89.5 Å². The molecule has 0 aliphatic heterocycles. The molecular formula is C42H67N2+. The number of hydrogen-bond acceptors (Lipinski definition) is 0. The van der Waals surface area contributed by atoms with Crippen molar-refractivity contribution in [3.63, 3.8) is 0 Å². The molecule has 0 fully saturated rings. The first-order chi connectivity index (χ1) is 21.7. The molecule has 3 rings (SSSR count). The van der Waals surface area contributed by atoms with Crippen LogP contribution in [0.2, 0.25) is 0 Å². The van der Waals surface area contributed by atoms with E-state index < -0.39 is 0 Å². The minimum absolute atomic E-state index is 0.517. The topological polar surface area (TPSA) is 8.81 Å². The zero-order chi connectivity index (χ0) is 31.1. The maximum atomic E-state index is 2.73. The van der Waals surface area contributed by atoms with Gasteiger partial charge in [0, 0.05) is 6.42 Å². The molecular weight excluding hydrogens is 532 g/mol. The SMILES string of the molecule is CCCCCCCCCCCCCCCn1cc(CC(C)c2ccccc2)[n+](CCCCCCCC)c1Cc1ccccc1. The quantitative estimate of drug-likeness (QED) is 0.0641. The van der Waals surface area contributed by atoms with Crippen LogP contribution in [0, 0.1) is 0 Å². The largest absolute Gasteiger partial charge is 0.261 e. The Morgan fingerprint density at radius 2 is 1.05 bits per heavy atom. The second-order valence-electron chi connectivity index (χ2n) is 13.6. The summed E-state index contributed by atoms with van der Waals surface area (Å²) >= 11 is 0. The third kappa shape index (κ3) is 14.2. The molecule has 44 heavy (non-hydrogen) atoms. The van der Waals surface area contributed by atoms with E-state index in [2.05, 4.69) is 96.8 Å². The Balaban J connectivity index is 1.60. The van der Waals surface area contributed by atoms with E-state index in [0.717, 1.165) is 25.9 Å². The van der Waals surface area contributed by atoms with Crippen molar-refractivity contribution >= 4 is 0 Å². The molecule has 1 heterocycles. The second kappa shape index (κ2) is 23.1. The van der Waals surface area contributed by atoms with Crippen molar-refractivity contribution < 1.29 is 4.57 Å². The number of benzene rings is 2. The average molecular weight is 600 g/mol. The zero-order valence-electron chi connectivity index (χ0n) is 29.1. The Hall–Kier alpha value is -2.35. The Labute approximate surface area is 272 Å². The van der Waals surface area contributed by atoms with Crippen LogP contribution in [0.5, 0.6) is 0 Å². The molecule has 1 aromatic heterocycles. The minimum atomic E-state index is 0.517. The maximum absolute atomic E-state index is 2.73. The summed E-state index contributed by atoms with van der Waals surface area (Å²) in [5, 5.41) is 0. The van der Waals surface area contributed by atoms with Crippen LogP contribution in [0.4, 0.5) is 0 Å². The molecule has 0 radical (unpaired) electrons. The van der Waals surface area contributed by atoms with Crippen molar-refractivity contribution in [2.45, 2.75) is 175 Å². The van der Waals surface area contributed by atoms with E-state index in [9.17, 15) is 0 Å². The number of aromatic nitrogens is 2. The fraction of sp³-hybridized carbons (Fsp3) is 0.643. The van der Waals surface area contributed by atoms with Crippen LogP contribution in [-0.4, -0.2) is 4.57 Å². The Kier molecular flexibility index (Phi) is 18.9. The summed E-state index contributed by atoms with van der Waals surface area (Å²) in [5.41, 5.74) is 4.40. The molecule has 0 N–H and O–H groups in total. The van der Waals surface area contributed by atoms with Gasteiger partial charge >= 0.3 is 0 Å².